The van der Waals surface area contributed by atoms with Crippen LogP contribution in [0.3, 0.4) is 0 Å². The van der Waals surface area contributed by atoms with Crippen LogP contribution in [-0.2, 0) is 0 Å². The molecule has 1 fully saturated rings. The molecule has 5 heteroatoms. The van der Waals surface area contributed by atoms with Gasteiger partial charge in [0, 0.05) is 17.5 Å². The molecule has 0 unspecified atom stereocenters. The van der Waals surface area contributed by atoms with Crippen LogP contribution in [0, 0.1) is 19.8 Å². The Morgan fingerprint density at radius 2 is 2.00 bits per heavy atom. The number of nitrogens with two attached hydrogens (primary N) is 1. The summed E-state index contributed by atoms with van der Waals surface area (Å²) in [4.78, 5) is 11.2. The van der Waals surface area contributed by atoms with Gasteiger partial charge in [0.15, 0.2) is 0 Å². The van der Waals surface area contributed by atoms with Crippen molar-refractivity contribution < 1.29 is 0 Å². The Hall–Kier alpha value is -1.20. The lowest BCUT2D eigenvalue weighted by Gasteiger charge is -2.26. The number of rotatable bonds is 3. The molecule has 1 aliphatic rings. The summed E-state index contributed by atoms with van der Waals surface area (Å²) < 4.78 is 0. The van der Waals surface area contributed by atoms with E-state index in [1.165, 1.54) is 28.7 Å². The monoisotopic (exact) mass is 290 g/mol. The molecule has 2 aromatic heterocycles. The molecule has 108 valence electrons. The summed E-state index contributed by atoms with van der Waals surface area (Å²) in [5.41, 5.74) is 7.27. The first kappa shape index (κ1) is 13.8. The van der Waals surface area contributed by atoms with Gasteiger partial charge in [-0.2, -0.15) is 0 Å². The third-order valence-electron chi connectivity index (χ3n) is 4.41. The number of aryl methyl sites for hydroxylation is 2. The third-order valence-corrected chi connectivity index (χ3v) is 5.53. The predicted molar refractivity (Wildman–Crippen MR) is 85.3 cm³/mol. The summed E-state index contributed by atoms with van der Waals surface area (Å²) in [6, 6.07) is 0.416. The van der Waals surface area contributed by atoms with Crippen LogP contribution in [0.2, 0.25) is 0 Å². The number of aromatic nitrogens is 2. The van der Waals surface area contributed by atoms with Crippen molar-refractivity contribution in [1.29, 1.82) is 0 Å². The predicted octanol–water partition coefficient (Wildman–Crippen LogP) is 3.24. The van der Waals surface area contributed by atoms with Gasteiger partial charge in [0.2, 0.25) is 0 Å². The Morgan fingerprint density at radius 1 is 1.25 bits per heavy atom. The van der Waals surface area contributed by atoms with E-state index in [9.17, 15) is 0 Å². The third kappa shape index (κ3) is 2.65. The van der Waals surface area contributed by atoms with E-state index in [4.69, 9.17) is 5.73 Å². The molecule has 2 heterocycles. The summed E-state index contributed by atoms with van der Waals surface area (Å²) >= 11 is 1.75. The number of nitrogens with zero attached hydrogens (tertiary/aromatic N) is 2. The van der Waals surface area contributed by atoms with E-state index in [0.29, 0.717) is 6.04 Å². The fourth-order valence-electron chi connectivity index (χ4n) is 2.95. The van der Waals surface area contributed by atoms with Gasteiger partial charge in [-0.25, -0.2) is 9.97 Å². The Morgan fingerprint density at radius 3 is 2.75 bits per heavy atom. The van der Waals surface area contributed by atoms with Crippen LogP contribution in [0.25, 0.3) is 10.2 Å². The maximum absolute atomic E-state index is 5.96. The van der Waals surface area contributed by atoms with Crippen molar-refractivity contribution >= 4 is 27.4 Å². The van der Waals surface area contributed by atoms with Gasteiger partial charge in [0.05, 0.1) is 5.39 Å². The summed E-state index contributed by atoms with van der Waals surface area (Å²) in [6.07, 6.45) is 6.43. The van der Waals surface area contributed by atoms with Crippen molar-refractivity contribution in [2.24, 2.45) is 11.7 Å². The van der Waals surface area contributed by atoms with Gasteiger partial charge in [0.1, 0.15) is 17.0 Å². The maximum Gasteiger partial charge on any atom is 0.138 e. The summed E-state index contributed by atoms with van der Waals surface area (Å²) in [7, 11) is 0. The molecule has 1 saturated carbocycles. The molecule has 0 radical (unpaired) electrons. The largest absolute Gasteiger partial charge is 0.369 e. The van der Waals surface area contributed by atoms with Crippen molar-refractivity contribution in [1.82, 2.24) is 9.97 Å². The number of hydrogen-bond donors (Lipinski definition) is 2. The normalized spacial score (nSPS) is 23.1. The Kier molecular flexibility index (Phi) is 3.89. The van der Waals surface area contributed by atoms with Gasteiger partial charge in [0.25, 0.3) is 0 Å². The smallest absolute Gasteiger partial charge is 0.138 e. The molecule has 3 N–H and O–H groups in total. The van der Waals surface area contributed by atoms with Crippen molar-refractivity contribution in [2.75, 3.05) is 11.9 Å². The molecule has 0 aliphatic heterocycles. The number of nitrogens with one attached hydrogen (secondary N) is 1. The highest BCUT2D eigenvalue weighted by Gasteiger charge is 2.19. The SMILES string of the molecule is Cc1sc2ncnc(NCC3CCC(N)CC3)c2c1C. The van der Waals surface area contributed by atoms with Gasteiger partial charge in [-0.3, -0.25) is 0 Å². The molecule has 2 aromatic rings. The van der Waals surface area contributed by atoms with E-state index < -0.39 is 0 Å². The zero-order valence-electron chi connectivity index (χ0n) is 12.1. The minimum atomic E-state index is 0.416. The lowest BCUT2D eigenvalue weighted by Crippen LogP contribution is -2.29. The molecular formula is C15H22N4S. The van der Waals surface area contributed by atoms with Crippen LogP contribution in [-0.4, -0.2) is 22.6 Å². The highest BCUT2D eigenvalue weighted by Crippen LogP contribution is 2.33. The first-order valence-corrected chi connectivity index (χ1v) is 8.17. The van der Waals surface area contributed by atoms with Crippen LogP contribution in [0.4, 0.5) is 5.82 Å². The molecule has 3 rings (SSSR count). The quantitative estimate of drug-likeness (QED) is 0.911. The highest BCUT2D eigenvalue weighted by molar-refractivity contribution is 7.18. The Labute approximate surface area is 123 Å². The lowest BCUT2D eigenvalue weighted by atomic mass is 9.86. The van der Waals surface area contributed by atoms with Gasteiger partial charge >= 0.3 is 0 Å². The Bertz CT molecular complexity index is 599. The topological polar surface area (TPSA) is 63.8 Å². The summed E-state index contributed by atoms with van der Waals surface area (Å²) in [6.45, 7) is 5.30. The van der Waals surface area contributed by atoms with Gasteiger partial charge in [-0.1, -0.05) is 0 Å². The molecule has 0 amide bonds. The van der Waals surface area contributed by atoms with Gasteiger partial charge in [-0.05, 0) is 51.0 Å². The highest BCUT2D eigenvalue weighted by atomic mass is 32.1. The van der Waals surface area contributed by atoms with Crippen molar-refractivity contribution in [3.8, 4) is 0 Å². The zero-order chi connectivity index (χ0) is 14.1. The number of fused-ring (bicyclic) bond motifs is 1. The molecule has 0 bridgehead atoms. The van der Waals surface area contributed by atoms with Crippen molar-refractivity contribution in [3.63, 3.8) is 0 Å². The second kappa shape index (κ2) is 5.66. The van der Waals surface area contributed by atoms with Crippen molar-refractivity contribution in [3.05, 3.63) is 16.8 Å². The van der Waals surface area contributed by atoms with Crippen LogP contribution in [0.1, 0.15) is 36.1 Å². The standard InChI is InChI=1S/C15H22N4S/c1-9-10(2)20-15-13(9)14(18-8-19-15)17-7-11-3-5-12(16)6-4-11/h8,11-12H,3-7,16H2,1-2H3,(H,17,18,19). The van der Waals surface area contributed by atoms with Crippen LogP contribution >= 0.6 is 11.3 Å². The molecule has 1 aliphatic carbocycles. The lowest BCUT2D eigenvalue weighted by molar-refractivity contribution is 0.338. The minimum absolute atomic E-state index is 0.416. The maximum atomic E-state index is 5.96. The number of anilines is 1. The van der Waals surface area contributed by atoms with Crippen LogP contribution < -0.4 is 11.1 Å². The molecular weight excluding hydrogens is 268 g/mol. The average molecular weight is 290 g/mol. The fraction of sp³-hybridized carbons (Fsp3) is 0.600. The van der Waals surface area contributed by atoms with E-state index >= 15 is 0 Å². The van der Waals surface area contributed by atoms with Gasteiger partial charge < -0.3 is 11.1 Å². The van der Waals surface area contributed by atoms with Crippen LogP contribution in [0.15, 0.2) is 6.33 Å². The van der Waals surface area contributed by atoms with E-state index in [0.717, 1.165) is 36.0 Å². The van der Waals surface area contributed by atoms with E-state index in [1.807, 2.05) is 0 Å². The van der Waals surface area contributed by atoms with E-state index in [2.05, 4.69) is 29.1 Å². The van der Waals surface area contributed by atoms with Crippen molar-refractivity contribution in [2.45, 2.75) is 45.6 Å². The first-order chi connectivity index (χ1) is 9.65. The molecule has 0 aromatic carbocycles. The first-order valence-electron chi connectivity index (χ1n) is 7.35. The number of hydrogen-bond acceptors (Lipinski definition) is 5. The molecule has 0 atom stereocenters. The average Bonchev–Trinajstić information content (AvgIpc) is 2.74. The van der Waals surface area contributed by atoms with E-state index in [1.54, 1.807) is 17.7 Å². The molecule has 0 saturated heterocycles. The molecule has 4 nitrogen and oxygen atoms in total. The van der Waals surface area contributed by atoms with Crippen LogP contribution in [0.5, 0.6) is 0 Å². The summed E-state index contributed by atoms with van der Waals surface area (Å²) in [5.74, 6) is 1.71. The molecule has 0 spiro atoms. The zero-order valence-corrected chi connectivity index (χ0v) is 13.0. The minimum Gasteiger partial charge on any atom is -0.369 e. The second-order valence-corrected chi connectivity index (χ2v) is 7.05. The fourth-order valence-corrected chi connectivity index (χ4v) is 3.95. The Balaban J connectivity index is 1.74. The second-order valence-electron chi connectivity index (χ2n) is 5.85. The summed E-state index contributed by atoms with van der Waals surface area (Å²) in [5, 5.41) is 4.74. The number of thiophene rings is 1. The molecule has 20 heavy (non-hydrogen) atoms. The van der Waals surface area contributed by atoms with Gasteiger partial charge in [-0.15, -0.1) is 11.3 Å². The van der Waals surface area contributed by atoms with E-state index in [-0.39, 0.29) is 0 Å².